The summed E-state index contributed by atoms with van der Waals surface area (Å²) in [7, 11) is -3.10. The van der Waals surface area contributed by atoms with Crippen LogP contribution < -0.4 is 10.6 Å². The van der Waals surface area contributed by atoms with Crippen LogP contribution in [0.2, 0.25) is 0 Å². The third-order valence-electron chi connectivity index (χ3n) is 6.72. The first kappa shape index (κ1) is 23.1. The fourth-order valence-electron chi connectivity index (χ4n) is 4.92. The molecule has 2 amide bonds. The number of hydrogen-bond acceptors (Lipinski definition) is 6. The molecule has 2 atom stereocenters. The van der Waals surface area contributed by atoms with Crippen molar-refractivity contribution in [1.82, 2.24) is 5.32 Å². The summed E-state index contributed by atoms with van der Waals surface area (Å²) < 4.78 is 29.3. The van der Waals surface area contributed by atoms with E-state index in [4.69, 9.17) is 4.42 Å². The molecule has 34 heavy (non-hydrogen) atoms. The van der Waals surface area contributed by atoms with E-state index in [0.29, 0.717) is 22.9 Å². The van der Waals surface area contributed by atoms with Gasteiger partial charge in [-0.25, -0.2) is 8.42 Å². The number of benzene rings is 1. The van der Waals surface area contributed by atoms with Crippen LogP contribution in [0, 0.1) is 12.8 Å². The van der Waals surface area contributed by atoms with E-state index in [1.807, 2.05) is 25.1 Å². The molecule has 5 rings (SSSR count). The minimum absolute atomic E-state index is 0.0310. The largest absolute Gasteiger partial charge is 0.464 e. The summed E-state index contributed by atoms with van der Waals surface area (Å²) >= 11 is 1.46. The van der Waals surface area contributed by atoms with Gasteiger partial charge in [0, 0.05) is 21.9 Å². The number of thiophene rings is 1. The minimum Gasteiger partial charge on any atom is -0.464 e. The minimum atomic E-state index is -3.10. The molecule has 2 unspecified atom stereocenters. The Hall–Kier alpha value is -2.65. The number of carbonyl (C=O) groups excluding carboxylic acids is 2. The van der Waals surface area contributed by atoms with Gasteiger partial charge < -0.3 is 15.1 Å². The van der Waals surface area contributed by atoms with Crippen LogP contribution >= 0.6 is 11.3 Å². The Morgan fingerprint density at radius 3 is 2.82 bits per heavy atom. The fraction of sp³-hybridized carbons (Fsp3) is 0.440. The van der Waals surface area contributed by atoms with Gasteiger partial charge in [0.05, 0.1) is 29.8 Å². The average Bonchev–Trinajstić information content (AvgIpc) is 3.42. The van der Waals surface area contributed by atoms with Crippen molar-refractivity contribution < 1.29 is 22.4 Å². The van der Waals surface area contributed by atoms with E-state index in [1.54, 1.807) is 6.26 Å². The number of amides is 2. The van der Waals surface area contributed by atoms with E-state index < -0.39 is 9.84 Å². The lowest BCUT2D eigenvalue weighted by Gasteiger charge is -2.19. The zero-order valence-corrected chi connectivity index (χ0v) is 20.9. The van der Waals surface area contributed by atoms with Crippen LogP contribution in [-0.4, -0.2) is 37.8 Å². The standard InChI is InChI=1S/C25H28N2O5S2/c1-14-4-6-20-19(9-14)16(12-32-20)11-22(28)27-25-23(18-5-3-15(2)10-21(18)33-25)24(29)26-17-7-8-34(30,31)13-17/h4,6,9,12,15,17H,3,5,7-8,10-11,13H2,1-2H3,(H,26,29)(H,27,28). The lowest BCUT2D eigenvalue weighted by molar-refractivity contribution is -0.115. The van der Waals surface area contributed by atoms with Gasteiger partial charge >= 0.3 is 0 Å². The Morgan fingerprint density at radius 1 is 1.24 bits per heavy atom. The van der Waals surface area contributed by atoms with Crippen molar-refractivity contribution in [3.05, 3.63) is 51.6 Å². The second-order valence-corrected chi connectivity index (χ2v) is 12.9. The molecule has 0 saturated carbocycles. The van der Waals surface area contributed by atoms with Gasteiger partial charge in [0.15, 0.2) is 9.84 Å². The van der Waals surface area contributed by atoms with Crippen molar-refractivity contribution in [2.75, 3.05) is 16.8 Å². The average molecular weight is 501 g/mol. The SMILES string of the molecule is Cc1ccc2occ(CC(=O)Nc3sc4c(c3C(=O)NC3CCS(=O)(=O)C3)CCC(C)C4)c2c1. The molecule has 7 nitrogen and oxygen atoms in total. The van der Waals surface area contributed by atoms with E-state index in [0.717, 1.165) is 51.8 Å². The predicted molar refractivity (Wildman–Crippen MR) is 133 cm³/mol. The molecule has 0 spiro atoms. The number of rotatable bonds is 5. The second kappa shape index (κ2) is 8.85. The number of hydrogen-bond donors (Lipinski definition) is 2. The molecule has 0 bridgehead atoms. The molecule has 1 fully saturated rings. The maximum Gasteiger partial charge on any atom is 0.254 e. The molecule has 9 heteroatoms. The molecule has 0 radical (unpaired) electrons. The smallest absolute Gasteiger partial charge is 0.254 e. The Kier molecular flexibility index (Phi) is 6.02. The van der Waals surface area contributed by atoms with Crippen molar-refractivity contribution in [2.24, 2.45) is 5.92 Å². The van der Waals surface area contributed by atoms with Crippen LogP contribution in [0.5, 0.6) is 0 Å². The van der Waals surface area contributed by atoms with Crippen LogP contribution in [0.15, 0.2) is 28.9 Å². The molecule has 1 aromatic carbocycles. The molecule has 180 valence electrons. The molecule has 3 aromatic rings. The van der Waals surface area contributed by atoms with Gasteiger partial charge in [-0.1, -0.05) is 18.6 Å². The number of nitrogens with one attached hydrogen (secondary N) is 2. The first-order chi connectivity index (χ1) is 16.2. The van der Waals surface area contributed by atoms with Crippen LogP contribution in [0.3, 0.4) is 0 Å². The van der Waals surface area contributed by atoms with Crippen molar-refractivity contribution in [3.8, 4) is 0 Å². The van der Waals surface area contributed by atoms with E-state index in [9.17, 15) is 18.0 Å². The molecule has 2 N–H and O–H groups in total. The highest BCUT2D eigenvalue weighted by Crippen LogP contribution is 2.40. The number of carbonyl (C=O) groups is 2. The summed E-state index contributed by atoms with van der Waals surface area (Å²) in [4.78, 5) is 27.5. The van der Waals surface area contributed by atoms with Gasteiger partial charge in [0.25, 0.3) is 5.91 Å². The first-order valence-corrected chi connectivity index (χ1v) is 14.2. The lowest BCUT2D eigenvalue weighted by Crippen LogP contribution is -2.36. The van der Waals surface area contributed by atoms with Crippen molar-refractivity contribution in [1.29, 1.82) is 0 Å². The second-order valence-electron chi connectivity index (χ2n) is 9.61. The Morgan fingerprint density at radius 2 is 2.06 bits per heavy atom. The van der Waals surface area contributed by atoms with Gasteiger partial charge in [0.1, 0.15) is 10.6 Å². The molecule has 1 saturated heterocycles. The summed E-state index contributed by atoms with van der Waals surface area (Å²) in [6, 6.07) is 5.47. The molecule has 2 aromatic heterocycles. The van der Waals surface area contributed by atoms with Crippen LogP contribution in [-0.2, 0) is 33.9 Å². The Balaban J connectivity index is 1.39. The van der Waals surface area contributed by atoms with E-state index in [-0.39, 0.29) is 35.8 Å². The quantitative estimate of drug-likeness (QED) is 0.550. The first-order valence-electron chi connectivity index (χ1n) is 11.6. The van der Waals surface area contributed by atoms with Crippen LogP contribution in [0.25, 0.3) is 11.0 Å². The Labute approximate surface area is 202 Å². The number of fused-ring (bicyclic) bond motifs is 2. The highest BCUT2D eigenvalue weighted by Gasteiger charge is 2.33. The summed E-state index contributed by atoms with van der Waals surface area (Å²) in [5.74, 6) is 0.0729. The highest BCUT2D eigenvalue weighted by atomic mass is 32.2. The van der Waals surface area contributed by atoms with Crippen LogP contribution in [0.1, 0.15) is 51.7 Å². The molecule has 1 aliphatic carbocycles. The summed E-state index contributed by atoms with van der Waals surface area (Å²) in [6.45, 7) is 4.18. The van der Waals surface area contributed by atoms with Gasteiger partial charge in [-0.15, -0.1) is 11.3 Å². The van der Waals surface area contributed by atoms with E-state index >= 15 is 0 Å². The zero-order valence-electron chi connectivity index (χ0n) is 19.3. The third kappa shape index (κ3) is 4.63. The Bertz CT molecular complexity index is 1390. The maximum atomic E-state index is 13.3. The molecule has 2 aliphatic rings. The van der Waals surface area contributed by atoms with Gasteiger partial charge in [-0.3, -0.25) is 9.59 Å². The van der Waals surface area contributed by atoms with E-state index in [2.05, 4.69) is 17.6 Å². The van der Waals surface area contributed by atoms with E-state index in [1.165, 1.54) is 11.3 Å². The molecular formula is C25H28N2O5S2. The summed E-state index contributed by atoms with van der Waals surface area (Å²) in [6.07, 6.45) is 4.80. The van der Waals surface area contributed by atoms with Crippen molar-refractivity contribution in [3.63, 3.8) is 0 Å². The van der Waals surface area contributed by atoms with Crippen LogP contribution in [0.4, 0.5) is 5.00 Å². The number of anilines is 1. The summed E-state index contributed by atoms with van der Waals surface area (Å²) in [5, 5.41) is 7.35. The summed E-state index contributed by atoms with van der Waals surface area (Å²) in [5.41, 5.74) is 4.11. The number of sulfone groups is 1. The number of furan rings is 1. The van der Waals surface area contributed by atoms with Gasteiger partial charge in [-0.05, 0) is 56.2 Å². The van der Waals surface area contributed by atoms with Crippen molar-refractivity contribution >= 4 is 49.0 Å². The predicted octanol–water partition coefficient (Wildman–Crippen LogP) is 4.03. The highest BCUT2D eigenvalue weighted by molar-refractivity contribution is 7.91. The molecule has 3 heterocycles. The monoisotopic (exact) mass is 500 g/mol. The third-order valence-corrected chi connectivity index (χ3v) is 9.66. The van der Waals surface area contributed by atoms with Gasteiger partial charge in [-0.2, -0.15) is 0 Å². The number of aryl methyl sites for hydroxylation is 1. The maximum absolute atomic E-state index is 13.3. The normalized spacial score (nSPS) is 21.4. The molecule has 1 aliphatic heterocycles. The van der Waals surface area contributed by atoms with Gasteiger partial charge in [0.2, 0.25) is 5.91 Å². The fourth-order valence-corrected chi connectivity index (χ4v) is 8.02. The molecular weight excluding hydrogens is 472 g/mol. The van der Waals surface area contributed by atoms with Crippen molar-refractivity contribution in [2.45, 2.75) is 52.0 Å². The topological polar surface area (TPSA) is 105 Å². The zero-order chi connectivity index (χ0) is 24.0. The lowest BCUT2D eigenvalue weighted by atomic mass is 9.88.